The number of rotatable bonds is 5. The number of nitrogens with zero attached hydrogens (tertiary/aromatic N) is 1. The summed E-state index contributed by atoms with van der Waals surface area (Å²) >= 11 is 0. The van der Waals surface area contributed by atoms with Gasteiger partial charge in [-0.25, -0.2) is 8.42 Å². The van der Waals surface area contributed by atoms with Crippen molar-refractivity contribution in [2.75, 3.05) is 18.8 Å². The molecule has 108 valence electrons. The molecule has 1 N–H and O–H groups in total. The van der Waals surface area contributed by atoms with E-state index < -0.39 is 9.84 Å². The first-order valence-corrected chi connectivity index (χ1v) is 8.70. The van der Waals surface area contributed by atoms with Crippen LogP contribution in [0.3, 0.4) is 0 Å². The Morgan fingerprint density at radius 1 is 1.17 bits per heavy atom. The van der Waals surface area contributed by atoms with E-state index in [1.807, 2.05) is 0 Å². The van der Waals surface area contributed by atoms with Crippen molar-refractivity contribution in [3.8, 4) is 0 Å². The minimum Gasteiger partial charge on any atom is -0.314 e. The molecule has 2 unspecified atom stereocenters. The van der Waals surface area contributed by atoms with Gasteiger partial charge in [-0.2, -0.15) is 0 Å². The Balaban J connectivity index is 2.80. The molecule has 1 saturated heterocycles. The summed E-state index contributed by atoms with van der Waals surface area (Å²) in [5, 5.41) is 3.07. The van der Waals surface area contributed by atoms with E-state index in [0.29, 0.717) is 24.7 Å². The summed E-state index contributed by atoms with van der Waals surface area (Å²) in [5.74, 6) is 0.245. The van der Waals surface area contributed by atoms with Crippen LogP contribution in [-0.4, -0.2) is 55.5 Å². The minimum atomic E-state index is -2.93. The molecule has 0 aromatic rings. The van der Waals surface area contributed by atoms with Crippen LogP contribution in [0.15, 0.2) is 0 Å². The fraction of sp³-hybridized carbons (Fsp3) is 1.00. The van der Waals surface area contributed by atoms with Crippen molar-refractivity contribution in [3.05, 3.63) is 0 Å². The van der Waals surface area contributed by atoms with Crippen molar-refractivity contribution in [3.63, 3.8) is 0 Å². The molecule has 0 amide bonds. The second-order valence-electron chi connectivity index (χ2n) is 5.76. The van der Waals surface area contributed by atoms with E-state index >= 15 is 0 Å². The van der Waals surface area contributed by atoms with Gasteiger partial charge in [-0.3, -0.25) is 4.90 Å². The fourth-order valence-corrected chi connectivity index (χ4v) is 4.42. The first-order valence-electron chi connectivity index (χ1n) is 6.99. The lowest BCUT2D eigenvalue weighted by Gasteiger charge is -2.42. The maximum atomic E-state index is 12.0. The summed E-state index contributed by atoms with van der Waals surface area (Å²) < 4.78 is 24.0. The van der Waals surface area contributed by atoms with Crippen LogP contribution in [0.2, 0.25) is 0 Å². The first kappa shape index (κ1) is 15.9. The lowest BCUT2D eigenvalue weighted by atomic mass is 10.0. The molecule has 1 fully saturated rings. The Bertz CT molecular complexity index is 344. The molecule has 0 aromatic heterocycles. The molecule has 2 atom stereocenters. The molecule has 5 heteroatoms. The van der Waals surface area contributed by atoms with Crippen molar-refractivity contribution >= 4 is 9.84 Å². The number of nitrogens with one attached hydrogen (secondary N) is 1. The third-order valence-corrected chi connectivity index (χ3v) is 5.99. The molecule has 1 aliphatic rings. The van der Waals surface area contributed by atoms with Crippen molar-refractivity contribution in [1.29, 1.82) is 0 Å². The topological polar surface area (TPSA) is 49.4 Å². The van der Waals surface area contributed by atoms with Crippen LogP contribution in [-0.2, 0) is 9.84 Å². The minimum absolute atomic E-state index is 0.221. The summed E-state index contributed by atoms with van der Waals surface area (Å²) in [6, 6.07) is 1.21. The van der Waals surface area contributed by atoms with Gasteiger partial charge in [0, 0.05) is 37.0 Å². The zero-order valence-corrected chi connectivity index (χ0v) is 13.1. The zero-order valence-electron chi connectivity index (χ0n) is 12.3. The van der Waals surface area contributed by atoms with E-state index in [2.05, 4.69) is 37.9 Å². The second kappa shape index (κ2) is 6.35. The van der Waals surface area contributed by atoms with Crippen LogP contribution in [0, 0.1) is 0 Å². The van der Waals surface area contributed by atoms with Gasteiger partial charge in [-0.1, -0.05) is 6.92 Å². The highest BCUT2D eigenvalue weighted by molar-refractivity contribution is 7.92. The predicted molar refractivity (Wildman–Crippen MR) is 76.6 cm³/mol. The molecule has 0 aromatic carbocycles. The number of hydrogen-bond acceptors (Lipinski definition) is 4. The van der Waals surface area contributed by atoms with Crippen LogP contribution in [0.4, 0.5) is 0 Å². The number of piperidine rings is 1. The summed E-state index contributed by atoms with van der Waals surface area (Å²) in [6.45, 7) is 12.0. The van der Waals surface area contributed by atoms with Gasteiger partial charge in [0.05, 0.1) is 5.25 Å². The van der Waals surface area contributed by atoms with Crippen molar-refractivity contribution in [2.24, 2.45) is 0 Å². The highest BCUT2D eigenvalue weighted by Crippen LogP contribution is 2.21. The average Bonchev–Trinajstić information content (AvgIpc) is 2.28. The lowest BCUT2D eigenvalue weighted by molar-refractivity contribution is 0.0948. The molecule has 0 radical (unpaired) electrons. The Kier molecular flexibility index (Phi) is 5.62. The Hall–Kier alpha value is -0.130. The Morgan fingerprint density at radius 3 is 2.17 bits per heavy atom. The maximum Gasteiger partial charge on any atom is 0.154 e. The third kappa shape index (κ3) is 3.68. The summed E-state index contributed by atoms with van der Waals surface area (Å²) in [5.41, 5.74) is 0. The summed E-state index contributed by atoms with van der Waals surface area (Å²) in [7, 11) is -2.93. The van der Waals surface area contributed by atoms with Crippen LogP contribution in [0.5, 0.6) is 0 Å². The molecule has 18 heavy (non-hydrogen) atoms. The molecule has 4 nitrogen and oxygen atoms in total. The van der Waals surface area contributed by atoms with Crippen LogP contribution in [0.25, 0.3) is 0 Å². The van der Waals surface area contributed by atoms with Gasteiger partial charge in [0.25, 0.3) is 0 Å². The van der Waals surface area contributed by atoms with Crippen LogP contribution >= 0.6 is 0 Å². The summed E-state index contributed by atoms with van der Waals surface area (Å²) in [6.07, 6.45) is 0.763. The largest absolute Gasteiger partial charge is 0.314 e. The molecule has 1 rings (SSSR count). The quantitative estimate of drug-likeness (QED) is 0.821. The predicted octanol–water partition coefficient (Wildman–Crippen LogP) is 1.27. The first-order chi connectivity index (χ1) is 8.29. The standard InChI is InChI=1S/C13H28N2O2S/c1-6-18(16,17)13-7-12(8-14-9-13)15(10(2)3)11(4)5/h10-14H,6-9H2,1-5H3. The SMILES string of the molecule is CCS(=O)(=O)C1CNCC(N(C(C)C)C(C)C)C1. The van der Waals surface area contributed by atoms with Crippen LogP contribution < -0.4 is 5.32 Å². The van der Waals surface area contributed by atoms with Crippen molar-refractivity contribution in [1.82, 2.24) is 10.2 Å². The normalized spacial score (nSPS) is 26.2. The molecule has 0 aliphatic carbocycles. The monoisotopic (exact) mass is 276 g/mol. The van der Waals surface area contributed by atoms with Crippen LogP contribution in [0.1, 0.15) is 41.0 Å². The van der Waals surface area contributed by atoms with E-state index in [1.165, 1.54) is 0 Å². The molecule has 0 spiro atoms. The highest BCUT2D eigenvalue weighted by Gasteiger charge is 2.34. The van der Waals surface area contributed by atoms with E-state index in [4.69, 9.17) is 0 Å². The average molecular weight is 276 g/mol. The molecule has 0 saturated carbocycles. The Morgan fingerprint density at radius 2 is 1.72 bits per heavy atom. The maximum absolute atomic E-state index is 12.0. The van der Waals surface area contributed by atoms with Gasteiger partial charge in [0.1, 0.15) is 0 Å². The van der Waals surface area contributed by atoms with E-state index in [0.717, 1.165) is 13.0 Å². The van der Waals surface area contributed by atoms with Crippen molar-refractivity contribution in [2.45, 2.75) is 64.4 Å². The third-order valence-electron chi connectivity index (χ3n) is 3.81. The fourth-order valence-electron chi connectivity index (χ4n) is 3.06. The van der Waals surface area contributed by atoms with Gasteiger partial charge in [-0.15, -0.1) is 0 Å². The van der Waals surface area contributed by atoms with Gasteiger partial charge in [0.2, 0.25) is 0 Å². The van der Waals surface area contributed by atoms with Gasteiger partial charge >= 0.3 is 0 Å². The molecule has 1 heterocycles. The van der Waals surface area contributed by atoms with Gasteiger partial charge < -0.3 is 5.32 Å². The van der Waals surface area contributed by atoms with E-state index in [-0.39, 0.29) is 11.0 Å². The number of hydrogen-bond donors (Lipinski definition) is 1. The number of sulfone groups is 1. The lowest BCUT2D eigenvalue weighted by Crippen LogP contribution is -2.56. The van der Waals surface area contributed by atoms with Gasteiger partial charge in [0.15, 0.2) is 9.84 Å². The highest BCUT2D eigenvalue weighted by atomic mass is 32.2. The summed E-state index contributed by atoms with van der Waals surface area (Å²) in [4.78, 5) is 2.42. The molecular formula is C13H28N2O2S. The zero-order chi connectivity index (χ0) is 13.9. The Labute approximate surface area is 112 Å². The smallest absolute Gasteiger partial charge is 0.154 e. The molecule has 1 aliphatic heterocycles. The van der Waals surface area contributed by atoms with Crippen molar-refractivity contribution < 1.29 is 8.42 Å². The molecular weight excluding hydrogens is 248 g/mol. The van der Waals surface area contributed by atoms with E-state index in [9.17, 15) is 8.42 Å². The molecule has 0 bridgehead atoms. The second-order valence-corrected chi connectivity index (χ2v) is 8.33. The van der Waals surface area contributed by atoms with E-state index in [1.54, 1.807) is 6.92 Å². The van der Waals surface area contributed by atoms with Gasteiger partial charge in [-0.05, 0) is 34.1 Å².